The summed E-state index contributed by atoms with van der Waals surface area (Å²) in [7, 11) is 1.61. The van der Waals surface area contributed by atoms with E-state index in [1.807, 2.05) is 70.1 Å². The summed E-state index contributed by atoms with van der Waals surface area (Å²) in [5.74, 6) is 0.722. The van der Waals surface area contributed by atoms with E-state index in [0.717, 1.165) is 28.1 Å². The first-order chi connectivity index (χ1) is 17.6. The number of hydrogen-bond donors (Lipinski definition) is 0. The van der Waals surface area contributed by atoms with Gasteiger partial charge in [-0.3, -0.25) is 19.6 Å². The molecule has 0 spiro atoms. The molecule has 0 bridgehead atoms. The molecular formula is C29H28N4O3. The Morgan fingerprint density at radius 2 is 1.83 bits per heavy atom. The quantitative estimate of drug-likeness (QED) is 0.401. The van der Waals surface area contributed by atoms with E-state index in [1.54, 1.807) is 25.7 Å². The number of methoxy groups -OCH3 is 1. The van der Waals surface area contributed by atoms with E-state index in [2.05, 4.69) is 9.97 Å². The average Bonchev–Trinajstić information content (AvgIpc) is 2.94. The van der Waals surface area contributed by atoms with Crippen LogP contribution in [0.4, 0.5) is 0 Å². The molecule has 0 unspecified atom stereocenters. The zero-order valence-corrected chi connectivity index (χ0v) is 20.3. The van der Waals surface area contributed by atoms with E-state index < -0.39 is 0 Å². The van der Waals surface area contributed by atoms with Crippen LogP contribution in [0.15, 0.2) is 84.0 Å². The number of pyridine rings is 1. The molecule has 0 radical (unpaired) electrons. The van der Waals surface area contributed by atoms with Crippen molar-refractivity contribution >= 4 is 5.91 Å². The molecule has 36 heavy (non-hydrogen) atoms. The maximum atomic E-state index is 13.8. The van der Waals surface area contributed by atoms with E-state index in [1.165, 1.54) is 0 Å². The van der Waals surface area contributed by atoms with Crippen molar-refractivity contribution in [3.8, 4) is 16.9 Å². The largest absolute Gasteiger partial charge is 0.496 e. The van der Waals surface area contributed by atoms with Gasteiger partial charge in [0.25, 0.3) is 5.56 Å². The van der Waals surface area contributed by atoms with Gasteiger partial charge in [-0.25, -0.2) is 0 Å². The first-order valence-electron chi connectivity index (χ1n) is 12.1. The maximum Gasteiger partial charge on any atom is 0.259 e. The van der Waals surface area contributed by atoms with Crippen LogP contribution < -0.4 is 10.3 Å². The molecule has 1 aliphatic heterocycles. The van der Waals surface area contributed by atoms with E-state index in [0.29, 0.717) is 50.2 Å². The summed E-state index contributed by atoms with van der Waals surface area (Å²) in [5, 5.41) is 0. The fraction of sp³-hybridized carbons (Fsp3) is 0.241. The van der Waals surface area contributed by atoms with Crippen molar-refractivity contribution in [1.82, 2.24) is 19.4 Å². The van der Waals surface area contributed by atoms with Crippen LogP contribution in [0.2, 0.25) is 0 Å². The highest BCUT2D eigenvalue weighted by Gasteiger charge is 2.26. The van der Waals surface area contributed by atoms with Gasteiger partial charge in [-0.2, -0.15) is 0 Å². The molecule has 7 heteroatoms. The molecule has 3 heterocycles. The van der Waals surface area contributed by atoms with Gasteiger partial charge in [0.15, 0.2) is 0 Å². The lowest BCUT2D eigenvalue weighted by molar-refractivity contribution is -0.132. The number of para-hydroxylation sites is 1. The molecule has 0 saturated carbocycles. The molecule has 1 aliphatic rings. The Hall–Kier alpha value is -4.26. The summed E-state index contributed by atoms with van der Waals surface area (Å²) < 4.78 is 7.44. The molecule has 5 rings (SSSR count). The van der Waals surface area contributed by atoms with Gasteiger partial charge in [0.2, 0.25) is 5.91 Å². The number of nitrogens with zero attached hydrogens (tertiary/aromatic N) is 4. The minimum absolute atomic E-state index is 0.0514. The van der Waals surface area contributed by atoms with Crippen molar-refractivity contribution in [1.29, 1.82) is 0 Å². The SMILES string of the molecule is COc1ccccc1-c1cc2c(n(Cc3ccccc3)c1=O)CCN(C(=O)CCc1cnccn1)C2. The van der Waals surface area contributed by atoms with E-state index in [9.17, 15) is 9.59 Å². The minimum atomic E-state index is -0.0514. The number of hydrogen-bond acceptors (Lipinski definition) is 5. The van der Waals surface area contributed by atoms with Crippen molar-refractivity contribution in [2.75, 3.05) is 13.7 Å². The van der Waals surface area contributed by atoms with Crippen molar-refractivity contribution in [3.63, 3.8) is 0 Å². The molecule has 2 aromatic heterocycles. The lowest BCUT2D eigenvalue weighted by atomic mass is 9.98. The number of benzene rings is 2. The fourth-order valence-electron chi connectivity index (χ4n) is 4.78. The van der Waals surface area contributed by atoms with Crippen LogP contribution in [0, 0.1) is 0 Å². The molecule has 2 aromatic carbocycles. The number of carbonyl (C=O) groups excluding carboxylic acids is 1. The number of carbonyl (C=O) groups is 1. The van der Waals surface area contributed by atoms with Crippen LogP contribution in [0.1, 0.15) is 28.9 Å². The van der Waals surface area contributed by atoms with Crippen molar-refractivity contribution in [2.24, 2.45) is 0 Å². The predicted octanol–water partition coefficient (Wildman–Crippen LogP) is 3.88. The second-order valence-corrected chi connectivity index (χ2v) is 8.87. The number of rotatable bonds is 7. The molecule has 0 aliphatic carbocycles. The number of amides is 1. The van der Waals surface area contributed by atoms with E-state index in [4.69, 9.17) is 4.74 Å². The van der Waals surface area contributed by atoms with Crippen LogP contribution in [0.5, 0.6) is 5.75 Å². The number of ether oxygens (including phenoxy) is 1. The van der Waals surface area contributed by atoms with E-state index in [-0.39, 0.29) is 11.5 Å². The summed E-state index contributed by atoms with van der Waals surface area (Å²) in [6.45, 7) is 1.52. The van der Waals surface area contributed by atoms with Gasteiger partial charge in [-0.1, -0.05) is 48.5 Å². The third-order valence-corrected chi connectivity index (χ3v) is 6.62. The zero-order chi connectivity index (χ0) is 24.9. The number of aryl methyl sites for hydroxylation is 1. The molecule has 0 saturated heterocycles. The van der Waals surface area contributed by atoms with Gasteiger partial charge in [-0.05, 0) is 29.7 Å². The summed E-state index contributed by atoms with van der Waals surface area (Å²) in [5.41, 5.74) is 5.12. The van der Waals surface area contributed by atoms with Crippen LogP contribution in [-0.2, 0) is 30.7 Å². The maximum absolute atomic E-state index is 13.8. The molecule has 1 amide bonds. The molecular weight excluding hydrogens is 452 g/mol. The molecule has 7 nitrogen and oxygen atoms in total. The highest BCUT2D eigenvalue weighted by Crippen LogP contribution is 2.30. The van der Waals surface area contributed by atoms with Crippen molar-refractivity contribution in [2.45, 2.75) is 32.4 Å². The summed E-state index contributed by atoms with van der Waals surface area (Å²) in [6.07, 6.45) is 6.51. The average molecular weight is 481 g/mol. The predicted molar refractivity (Wildman–Crippen MR) is 138 cm³/mol. The Morgan fingerprint density at radius 1 is 1.03 bits per heavy atom. The van der Waals surface area contributed by atoms with Crippen molar-refractivity contribution in [3.05, 3.63) is 112 Å². The summed E-state index contributed by atoms with van der Waals surface area (Å²) in [4.78, 5) is 37.1. The monoisotopic (exact) mass is 480 g/mol. The smallest absolute Gasteiger partial charge is 0.259 e. The minimum Gasteiger partial charge on any atom is -0.496 e. The van der Waals surface area contributed by atoms with Crippen LogP contribution >= 0.6 is 0 Å². The van der Waals surface area contributed by atoms with Crippen LogP contribution in [-0.4, -0.2) is 39.0 Å². The second-order valence-electron chi connectivity index (χ2n) is 8.87. The molecule has 0 fully saturated rings. The highest BCUT2D eigenvalue weighted by atomic mass is 16.5. The Labute approximate surface area is 210 Å². The third kappa shape index (κ3) is 4.91. The number of aromatic nitrogens is 3. The Morgan fingerprint density at radius 3 is 2.61 bits per heavy atom. The first-order valence-corrected chi connectivity index (χ1v) is 12.1. The Kier molecular flexibility index (Phi) is 6.89. The van der Waals surface area contributed by atoms with Gasteiger partial charge in [0.05, 0.1) is 24.9 Å². The second kappa shape index (κ2) is 10.6. The zero-order valence-electron chi connectivity index (χ0n) is 20.3. The van der Waals surface area contributed by atoms with E-state index >= 15 is 0 Å². The molecule has 4 aromatic rings. The normalized spacial score (nSPS) is 12.8. The topological polar surface area (TPSA) is 77.3 Å². The standard InChI is InChI=1S/C29H28N4O3/c1-36-27-10-6-5-9-24(27)25-17-22-20-32(28(34)12-11-23-18-30-14-15-31-23)16-13-26(22)33(29(25)35)19-21-7-3-2-4-8-21/h2-10,14-15,17-18H,11-13,16,19-20H2,1H3. The van der Waals surface area contributed by atoms with Gasteiger partial charge in [-0.15, -0.1) is 0 Å². The fourth-order valence-corrected chi connectivity index (χ4v) is 4.78. The van der Waals surface area contributed by atoms with Gasteiger partial charge in [0, 0.05) is 55.8 Å². The highest BCUT2D eigenvalue weighted by molar-refractivity contribution is 5.77. The van der Waals surface area contributed by atoms with Gasteiger partial charge in [0.1, 0.15) is 5.75 Å². The lowest BCUT2D eigenvalue weighted by Crippen LogP contribution is -2.39. The molecule has 0 N–H and O–H groups in total. The lowest BCUT2D eigenvalue weighted by Gasteiger charge is -2.31. The Balaban J connectivity index is 1.50. The van der Waals surface area contributed by atoms with Crippen molar-refractivity contribution < 1.29 is 9.53 Å². The summed E-state index contributed by atoms with van der Waals surface area (Å²) in [6, 6.07) is 19.5. The van der Waals surface area contributed by atoms with Crippen LogP contribution in [0.25, 0.3) is 11.1 Å². The van der Waals surface area contributed by atoms with Crippen LogP contribution in [0.3, 0.4) is 0 Å². The first kappa shape index (κ1) is 23.5. The summed E-state index contributed by atoms with van der Waals surface area (Å²) >= 11 is 0. The molecule has 0 atom stereocenters. The van der Waals surface area contributed by atoms with Gasteiger partial charge >= 0.3 is 0 Å². The Bertz CT molecular complexity index is 1420. The third-order valence-electron chi connectivity index (χ3n) is 6.62. The van der Waals surface area contributed by atoms with Gasteiger partial charge < -0.3 is 14.2 Å². The molecule has 182 valence electrons. The number of fused-ring (bicyclic) bond motifs is 1.